The molecule has 4 aromatic rings. The predicted molar refractivity (Wildman–Crippen MR) is 106 cm³/mol. The molecular weight excluding hydrogens is 368 g/mol. The summed E-state index contributed by atoms with van der Waals surface area (Å²) in [5, 5.41) is 4.10. The van der Waals surface area contributed by atoms with Crippen molar-refractivity contribution >= 4 is 0 Å². The predicted octanol–water partition coefficient (Wildman–Crippen LogP) is 4.04. The van der Waals surface area contributed by atoms with Crippen molar-refractivity contribution in [3.05, 3.63) is 72.9 Å². The zero-order valence-electron chi connectivity index (χ0n) is 15.8. The van der Waals surface area contributed by atoms with Crippen molar-refractivity contribution in [2.75, 3.05) is 13.1 Å². The van der Waals surface area contributed by atoms with Crippen LogP contribution in [-0.2, 0) is 6.54 Å². The number of hydrogen-bond acceptors (Lipinski definition) is 7. The molecule has 1 aromatic carbocycles. The van der Waals surface area contributed by atoms with Gasteiger partial charge in [-0.25, -0.2) is 0 Å². The second kappa shape index (κ2) is 7.89. The van der Waals surface area contributed by atoms with E-state index in [-0.39, 0.29) is 6.10 Å². The Morgan fingerprint density at radius 2 is 1.97 bits per heavy atom. The zero-order chi connectivity index (χ0) is 19.5. The summed E-state index contributed by atoms with van der Waals surface area (Å²) < 4.78 is 17.3. The number of para-hydroxylation sites is 1. The van der Waals surface area contributed by atoms with E-state index in [4.69, 9.17) is 13.7 Å². The molecule has 29 heavy (non-hydrogen) atoms. The van der Waals surface area contributed by atoms with Crippen LogP contribution in [0.2, 0.25) is 0 Å². The Kier molecular flexibility index (Phi) is 4.80. The standard InChI is InChI=1S/C22H20N4O3/c1-2-6-20(28-18-9-12-26(15-18)14-17-4-3-13-27-17)19(5-1)22-24-21(25-29-22)16-7-10-23-11-8-16/h1-8,10-11,13,18H,9,12,14-15H2. The number of hydrogen-bond donors (Lipinski definition) is 0. The molecule has 0 radical (unpaired) electrons. The van der Waals surface area contributed by atoms with E-state index < -0.39 is 0 Å². The number of benzene rings is 1. The Balaban J connectivity index is 1.31. The fourth-order valence-corrected chi connectivity index (χ4v) is 3.54. The van der Waals surface area contributed by atoms with Crippen LogP contribution in [0.25, 0.3) is 22.8 Å². The van der Waals surface area contributed by atoms with Crippen LogP contribution in [0.15, 0.2) is 76.1 Å². The Hall–Kier alpha value is -3.45. The minimum atomic E-state index is 0.105. The summed E-state index contributed by atoms with van der Waals surface area (Å²) in [5.41, 5.74) is 1.66. The van der Waals surface area contributed by atoms with E-state index in [9.17, 15) is 0 Å². The van der Waals surface area contributed by atoms with Gasteiger partial charge in [0.25, 0.3) is 5.89 Å². The van der Waals surface area contributed by atoms with E-state index >= 15 is 0 Å². The van der Waals surface area contributed by atoms with Crippen molar-refractivity contribution in [3.63, 3.8) is 0 Å². The van der Waals surface area contributed by atoms with Crippen molar-refractivity contribution in [1.82, 2.24) is 20.0 Å². The minimum absolute atomic E-state index is 0.105. The second-order valence-electron chi connectivity index (χ2n) is 7.00. The SMILES string of the molecule is c1coc(CN2CCC(Oc3ccccc3-c3nc(-c4ccncc4)no3)C2)c1. The number of ether oxygens (including phenoxy) is 1. The summed E-state index contributed by atoms with van der Waals surface area (Å²) in [6, 6.07) is 15.4. The average molecular weight is 388 g/mol. The van der Waals surface area contributed by atoms with E-state index in [0.29, 0.717) is 11.7 Å². The van der Waals surface area contributed by atoms with Gasteiger partial charge in [-0.05, 0) is 42.8 Å². The normalized spacial score (nSPS) is 16.9. The van der Waals surface area contributed by atoms with Crippen LogP contribution in [0.5, 0.6) is 5.75 Å². The molecule has 0 N–H and O–H groups in total. The Bertz CT molecular complexity index is 1060. The zero-order valence-corrected chi connectivity index (χ0v) is 15.8. The molecule has 1 atom stereocenters. The average Bonchev–Trinajstić information content (AvgIpc) is 3.52. The van der Waals surface area contributed by atoms with Crippen LogP contribution in [0, 0.1) is 0 Å². The summed E-state index contributed by atoms with van der Waals surface area (Å²) in [5.74, 6) is 2.70. The molecule has 4 heterocycles. The molecule has 1 fully saturated rings. The lowest BCUT2D eigenvalue weighted by atomic mass is 10.2. The third-order valence-electron chi connectivity index (χ3n) is 4.96. The van der Waals surface area contributed by atoms with Gasteiger partial charge in [0, 0.05) is 31.0 Å². The molecule has 1 saturated heterocycles. The fourth-order valence-electron chi connectivity index (χ4n) is 3.54. The van der Waals surface area contributed by atoms with Gasteiger partial charge in [-0.3, -0.25) is 9.88 Å². The summed E-state index contributed by atoms with van der Waals surface area (Å²) in [6.45, 7) is 2.62. The Morgan fingerprint density at radius 3 is 2.83 bits per heavy atom. The first kappa shape index (κ1) is 17.6. The number of rotatable bonds is 6. The van der Waals surface area contributed by atoms with E-state index in [0.717, 1.165) is 48.7 Å². The smallest absolute Gasteiger partial charge is 0.262 e. The van der Waals surface area contributed by atoms with Crippen LogP contribution < -0.4 is 4.74 Å². The van der Waals surface area contributed by atoms with Crippen LogP contribution in [0.1, 0.15) is 12.2 Å². The number of likely N-dealkylation sites (tertiary alicyclic amines) is 1. The monoisotopic (exact) mass is 388 g/mol. The first-order chi connectivity index (χ1) is 14.3. The molecule has 0 aliphatic carbocycles. The van der Waals surface area contributed by atoms with Gasteiger partial charge in [-0.2, -0.15) is 4.98 Å². The van der Waals surface area contributed by atoms with Crippen LogP contribution in [0.4, 0.5) is 0 Å². The van der Waals surface area contributed by atoms with Gasteiger partial charge >= 0.3 is 0 Å². The summed E-state index contributed by atoms with van der Waals surface area (Å²) >= 11 is 0. The molecular formula is C22H20N4O3. The number of furan rings is 1. The maximum atomic E-state index is 6.32. The van der Waals surface area contributed by atoms with E-state index in [2.05, 4.69) is 20.0 Å². The molecule has 0 bridgehead atoms. The van der Waals surface area contributed by atoms with Gasteiger partial charge in [0.1, 0.15) is 17.6 Å². The highest BCUT2D eigenvalue weighted by atomic mass is 16.5. The van der Waals surface area contributed by atoms with Crippen molar-refractivity contribution in [2.24, 2.45) is 0 Å². The summed E-state index contributed by atoms with van der Waals surface area (Å²) in [7, 11) is 0. The molecule has 5 rings (SSSR count). The maximum absolute atomic E-state index is 6.32. The third kappa shape index (κ3) is 3.90. The minimum Gasteiger partial charge on any atom is -0.488 e. The molecule has 3 aromatic heterocycles. The topological polar surface area (TPSA) is 77.4 Å². The Morgan fingerprint density at radius 1 is 1.07 bits per heavy atom. The third-order valence-corrected chi connectivity index (χ3v) is 4.96. The number of aromatic nitrogens is 3. The van der Waals surface area contributed by atoms with Gasteiger partial charge in [0.05, 0.1) is 18.4 Å². The van der Waals surface area contributed by atoms with Gasteiger partial charge in [0.2, 0.25) is 5.82 Å². The highest BCUT2D eigenvalue weighted by Crippen LogP contribution is 2.32. The first-order valence-corrected chi connectivity index (χ1v) is 9.60. The molecule has 1 unspecified atom stereocenters. The molecule has 1 aliphatic rings. The van der Waals surface area contributed by atoms with Gasteiger partial charge in [-0.1, -0.05) is 17.3 Å². The molecule has 146 valence electrons. The highest BCUT2D eigenvalue weighted by molar-refractivity contribution is 5.65. The largest absolute Gasteiger partial charge is 0.488 e. The fraction of sp³-hybridized carbons (Fsp3) is 0.227. The summed E-state index contributed by atoms with van der Waals surface area (Å²) in [4.78, 5) is 10.9. The Labute approximate surface area is 167 Å². The molecule has 7 heteroatoms. The first-order valence-electron chi connectivity index (χ1n) is 9.60. The van der Waals surface area contributed by atoms with Crippen LogP contribution >= 0.6 is 0 Å². The van der Waals surface area contributed by atoms with Gasteiger partial charge in [-0.15, -0.1) is 0 Å². The molecule has 0 saturated carbocycles. The molecule has 1 aliphatic heterocycles. The van der Waals surface area contributed by atoms with Crippen molar-refractivity contribution in [1.29, 1.82) is 0 Å². The lowest BCUT2D eigenvalue weighted by Crippen LogP contribution is -2.24. The lowest BCUT2D eigenvalue weighted by Gasteiger charge is -2.17. The van der Waals surface area contributed by atoms with E-state index in [1.54, 1.807) is 18.7 Å². The second-order valence-corrected chi connectivity index (χ2v) is 7.00. The van der Waals surface area contributed by atoms with E-state index in [1.165, 1.54) is 0 Å². The molecule has 0 spiro atoms. The van der Waals surface area contributed by atoms with E-state index in [1.807, 2.05) is 48.5 Å². The van der Waals surface area contributed by atoms with Crippen molar-refractivity contribution in [2.45, 2.75) is 19.1 Å². The molecule has 7 nitrogen and oxygen atoms in total. The van der Waals surface area contributed by atoms with Crippen LogP contribution in [-0.4, -0.2) is 39.2 Å². The molecule has 0 amide bonds. The quantitative estimate of drug-likeness (QED) is 0.493. The number of nitrogens with zero attached hydrogens (tertiary/aromatic N) is 4. The van der Waals surface area contributed by atoms with Crippen LogP contribution in [0.3, 0.4) is 0 Å². The summed E-state index contributed by atoms with van der Waals surface area (Å²) in [6.07, 6.45) is 6.18. The van der Waals surface area contributed by atoms with Crippen molar-refractivity contribution < 1.29 is 13.7 Å². The van der Waals surface area contributed by atoms with Crippen molar-refractivity contribution in [3.8, 4) is 28.6 Å². The maximum Gasteiger partial charge on any atom is 0.262 e. The number of pyridine rings is 1. The van der Waals surface area contributed by atoms with Gasteiger partial charge < -0.3 is 13.7 Å². The highest BCUT2D eigenvalue weighted by Gasteiger charge is 2.26. The van der Waals surface area contributed by atoms with Gasteiger partial charge in [0.15, 0.2) is 0 Å². The lowest BCUT2D eigenvalue weighted by molar-refractivity contribution is 0.194.